The van der Waals surface area contributed by atoms with Gasteiger partial charge in [-0.05, 0) is 0 Å². The van der Waals surface area contributed by atoms with Crippen LogP contribution in [-0.2, 0) is 28.6 Å². The van der Waals surface area contributed by atoms with Crippen LogP contribution in [0.1, 0.15) is 12.6 Å². The number of rotatable bonds is 5. The molecule has 9 heteroatoms. The average Bonchev–Trinajstić information content (AvgIpc) is 2.96. The molecule has 1 aromatic heterocycles. The summed E-state index contributed by atoms with van der Waals surface area (Å²) in [5, 5.41) is 3.73. The second kappa shape index (κ2) is 7.56. The van der Waals surface area contributed by atoms with Gasteiger partial charge in [-0.15, -0.1) is 0 Å². The number of carbonyl (C=O) groups excluding carboxylic acids is 3. The Balaban J connectivity index is 3.49. The van der Waals surface area contributed by atoms with Gasteiger partial charge in [-0.2, -0.15) is 0 Å². The van der Waals surface area contributed by atoms with Crippen LogP contribution in [0.3, 0.4) is 0 Å². The Morgan fingerprint density at radius 1 is 1.15 bits per heavy atom. The van der Waals surface area contributed by atoms with Crippen molar-refractivity contribution in [3.8, 4) is 0 Å². The number of hydrogen-bond donors (Lipinski definition) is 0. The molecule has 0 radical (unpaired) electrons. The maximum absolute atomic E-state index is 12.0. The Labute approximate surface area is 120 Å². The molecule has 1 aromatic rings. The number of ether oxygens (including phenoxy) is 3. The molecule has 0 amide bonds. The molecule has 0 aliphatic rings. The Morgan fingerprint density at radius 2 is 1.75 bits per heavy atom. The molecule has 20 heavy (non-hydrogen) atoms. The van der Waals surface area contributed by atoms with Crippen LogP contribution >= 0.6 is 0 Å². The molecule has 0 saturated heterocycles. The van der Waals surface area contributed by atoms with Crippen LogP contribution in [0.5, 0.6) is 0 Å². The summed E-state index contributed by atoms with van der Waals surface area (Å²) in [4.78, 5) is 37.0. The van der Waals surface area contributed by atoms with Crippen molar-refractivity contribution < 1.29 is 28.6 Å². The van der Waals surface area contributed by atoms with E-state index < -0.39 is 23.5 Å². The second-order valence-electron chi connectivity index (χ2n) is 3.24. The first-order valence-electron chi connectivity index (χ1n) is 5.42. The third-order valence-electron chi connectivity index (χ3n) is 2.12. The molecular formula is C11H12N2O6Se. The first kappa shape index (κ1) is 16.1. The van der Waals surface area contributed by atoms with Crippen molar-refractivity contribution in [1.82, 2.24) is 9.19 Å². The molecule has 0 bridgehead atoms. The Hall–Kier alpha value is -1.99. The SMILES string of the molecule is CCOC(=O)C(=C(C(=O)OC)C(=O)OC)c1c[se]nn1. The zero-order valence-corrected chi connectivity index (χ0v) is 12.7. The number of esters is 3. The van der Waals surface area contributed by atoms with Gasteiger partial charge in [0, 0.05) is 0 Å². The van der Waals surface area contributed by atoms with E-state index in [0.29, 0.717) is 0 Å². The standard InChI is InChI=1S/C11H12N2O6Se/c1-4-19-11(16)7(6-5-20-13-12-6)8(9(14)17-2)10(15)18-3/h5H,4H2,1-3H3. The fourth-order valence-electron chi connectivity index (χ4n) is 1.30. The van der Waals surface area contributed by atoms with Crippen LogP contribution in [0.2, 0.25) is 0 Å². The molecule has 0 aliphatic heterocycles. The summed E-state index contributed by atoms with van der Waals surface area (Å²) >= 11 is -0.287. The molecule has 0 aliphatic carbocycles. The van der Waals surface area contributed by atoms with Gasteiger partial charge < -0.3 is 0 Å². The Morgan fingerprint density at radius 3 is 2.15 bits per heavy atom. The Kier molecular flexibility index (Phi) is 6.07. The van der Waals surface area contributed by atoms with Crippen molar-refractivity contribution >= 4 is 38.2 Å². The summed E-state index contributed by atoms with van der Waals surface area (Å²) in [5.41, 5.74) is -0.751. The summed E-state index contributed by atoms with van der Waals surface area (Å²) < 4.78 is 17.6. The van der Waals surface area contributed by atoms with Gasteiger partial charge >= 0.3 is 120 Å². The van der Waals surface area contributed by atoms with Crippen LogP contribution < -0.4 is 0 Å². The van der Waals surface area contributed by atoms with Gasteiger partial charge in [0.15, 0.2) is 0 Å². The molecule has 0 aromatic carbocycles. The zero-order valence-electron chi connectivity index (χ0n) is 11.0. The van der Waals surface area contributed by atoms with Crippen molar-refractivity contribution in [2.45, 2.75) is 6.92 Å². The van der Waals surface area contributed by atoms with E-state index in [1.807, 2.05) is 0 Å². The van der Waals surface area contributed by atoms with E-state index in [4.69, 9.17) is 4.74 Å². The van der Waals surface area contributed by atoms with Crippen LogP contribution in [-0.4, -0.2) is 62.7 Å². The first-order chi connectivity index (χ1) is 9.56. The van der Waals surface area contributed by atoms with E-state index in [9.17, 15) is 14.4 Å². The van der Waals surface area contributed by atoms with E-state index in [-0.39, 0.29) is 32.6 Å². The molecule has 0 unspecified atom stereocenters. The molecule has 0 fully saturated rings. The molecule has 0 atom stereocenters. The minimum absolute atomic E-state index is 0.0769. The number of aromatic nitrogens is 2. The fourth-order valence-corrected chi connectivity index (χ4v) is 2.24. The second-order valence-corrected chi connectivity index (χ2v) is 4.52. The van der Waals surface area contributed by atoms with Crippen LogP contribution in [0.15, 0.2) is 10.5 Å². The van der Waals surface area contributed by atoms with E-state index in [1.165, 1.54) is 0 Å². The normalized spacial score (nSPS) is 9.55. The number of nitrogens with zero attached hydrogens (tertiary/aromatic N) is 2. The number of carbonyl (C=O) groups is 3. The third kappa shape index (κ3) is 3.52. The topological polar surface area (TPSA) is 105 Å². The van der Waals surface area contributed by atoms with Gasteiger partial charge in [-0.1, -0.05) is 0 Å². The van der Waals surface area contributed by atoms with Gasteiger partial charge in [-0.3, -0.25) is 0 Å². The zero-order chi connectivity index (χ0) is 15.1. The van der Waals surface area contributed by atoms with Crippen LogP contribution in [0.25, 0.3) is 5.57 Å². The van der Waals surface area contributed by atoms with Crippen molar-refractivity contribution in [3.63, 3.8) is 0 Å². The van der Waals surface area contributed by atoms with Crippen molar-refractivity contribution in [3.05, 3.63) is 16.2 Å². The predicted octanol–water partition coefficient (Wildman–Crippen LogP) is -0.804. The van der Waals surface area contributed by atoms with Gasteiger partial charge in [0.25, 0.3) is 0 Å². The Bertz CT molecular complexity index is 519. The summed E-state index contributed by atoms with van der Waals surface area (Å²) in [6, 6.07) is 0. The van der Waals surface area contributed by atoms with E-state index >= 15 is 0 Å². The molecule has 0 N–H and O–H groups in total. The maximum atomic E-state index is 12.0. The van der Waals surface area contributed by atoms with Gasteiger partial charge in [-0.25, -0.2) is 0 Å². The minimum atomic E-state index is -1.00. The summed E-state index contributed by atoms with van der Waals surface area (Å²) in [5.74, 6) is -2.87. The predicted molar refractivity (Wildman–Crippen MR) is 66.6 cm³/mol. The third-order valence-corrected chi connectivity index (χ3v) is 3.18. The molecule has 108 valence electrons. The van der Waals surface area contributed by atoms with E-state index in [2.05, 4.69) is 18.7 Å². The van der Waals surface area contributed by atoms with Crippen molar-refractivity contribution in [1.29, 1.82) is 0 Å². The molecule has 8 nitrogen and oxygen atoms in total. The molecule has 1 rings (SSSR count). The van der Waals surface area contributed by atoms with Crippen molar-refractivity contribution in [2.24, 2.45) is 0 Å². The molecule has 1 heterocycles. The molecular weight excluding hydrogens is 335 g/mol. The summed E-state index contributed by atoms with van der Waals surface area (Å²) in [6.45, 7) is 1.67. The van der Waals surface area contributed by atoms with Gasteiger partial charge in [0.05, 0.1) is 0 Å². The van der Waals surface area contributed by atoms with Gasteiger partial charge in [0.2, 0.25) is 0 Å². The van der Waals surface area contributed by atoms with Crippen LogP contribution in [0.4, 0.5) is 0 Å². The molecule has 0 spiro atoms. The van der Waals surface area contributed by atoms with E-state index in [0.717, 1.165) is 14.2 Å². The van der Waals surface area contributed by atoms with E-state index in [1.54, 1.807) is 11.9 Å². The number of methoxy groups -OCH3 is 2. The monoisotopic (exact) mass is 348 g/mol. The summed E-state index contributed by atoms with van der Waals surface area (Å²) in [7, 11) is 2.17. The van der Waals surface area contributed by atoms with Crippen LogP contribution in [0, 0.1) is 0 Å². The van der Waals surface area contributed by atoms with Gasteiger partial charge in [0.1, 0.15) is 0 Å². The van der Waals surface area contributed by atoms with Crippen molar-refractivity contribution in [2.75, 3.05) is 20.8 Å². The average molecular weight is 347 g/mol. The quantitative estimate of drug-likeness (QED) is 0.170. The fraction of sp³-hybridized carbons (Fsp3) is 0.364. The first-order valence-corrected chi connectivity index (χ1v) is 7.17. The summed E-state index contributed by atoms with van der Waals surface area (Å²) in [6.07, 6.45) is 0. The molecule has 0 saturated carbocycles. The number of hydrogen-bond acceptors (Lipinski definition) is 8.